The summed E-state index contributed by atoms with van der Waals surface area (Å²) in [5, 5.41) is 15.9. The summed E-state index contributed by atoms with van der Waals surface area (Å²) >= 11 is 1.12. The number of amides is 1. The fourth-order valence-corrected chi connectivity index (χ4v) is 2.16. The van der Waals surface area contributed by atoms with E-state index >= 15 is 0 Å². The maximum absolute atomic E-state index is 11.9. The highest BCUT2D eigenvalue weighted by Crippen LogP contribution is 2.35. The first-order valence-corrected chi connectivity index (χ1v) is 6.23. The van der Waals surface area contributed by atoms with Crippen molar-refractivity contribution in [1.82, 2.24) is 14.9 Å². The van der Waals surface area contributed by atoms with Crippen molar-refractivity contribution in [2.45, 2.75) is 38.1 Å². The van der Waals surface area contributed by atoms with Crippen molar-refractivity contribution in [2.24, 2.45) is 0 Å². The van der Waals surface area contributed by atoms with Gasteiger partial charge in [0.1, 0.15) is 4.88 Å². The lowest BCUT2D eigenvalue weighted by Crippen LogP contribution is -2.39. The van der Waals surface area contributed by atoms with Crippen LogP contribution in [-0.2, 0) is 6.42 Å². The van der Waals surface area contributed by atoms with Crippen molar-refractivity contribution in [3.8, 4) is 0 Å². The van der Waals surface area contributed by atoms with E-state index in [0.717, 1.165) is 42.9 Å². The predicted molar refractivity (Wildman–Crippen MR) is 60.4 cm³/mol. The molecular weight excluding hydrogens is 226 g/mol. The minimum atomic E-state index is -0.370. The average Bonchev–Trinajstić information content (AvgIpc) is 2.88. The molecule has 88 valence electrons. The van der Waals surface area contributed by atoms with Crippen LogP contribution in [0, 0.1) is 0 Å². The highest BCUT2D eigenvalue weighted by molar-refractivity contribution is 7.08. The summed E-state index contributed by atoms with van der Waals surface area (Å²) < 4.78 is 3.81. The number of hydrogen-bond acceptors (Lipinski definition) is 5. The van der Waals surface area contributed by atoms with E-state index < -0.39 is 0 Å². The van der Waals surface area contributed by atoms with Crippen molar-refractivity contribution in [2.75, 3.05) is 6.61 Å². The standard InChI is InChI=1S/C10H15N3O2S/c1-2-3-7-8(16-13-12-7)9(15)11-10(6-14)4-5-10/h14H,2-6H2,1H3,(H,11,15). The lowest BCUT2D eigenvalue weighted by Gasteiger charge is -2.13. The molecule has 0 saturated heterocycles. The van der Waals surface area contributed by atoms with Crippen LogP contribution in [0.3, 0.4) is 0 Å². The van der Waals surface area contributed by atoms with Gasteiger partial charge in [-0.1, -0.05) is 17.8 Å². The van der Waals surface area contributed by atoms with Gasteiger partial charge >= 0.3 is 0 Å². The first-order valence-electron chi connectivity index (χ1n) is 5.45. The van der Waals surface area contributed by atoms with Crippen LogP contribution in [0.4, 0.5) is 0 Å². The Morgan fingerprint density at radius 1 is 1.62 bits per heavy atom. The van der Waals surface area contributed by atoms with Gasteiger partial charge in [0.2, 0.25) is 0 Å². The minimum absolute atomic E-state index is 0.00802. The summed E-state index contributed by atoms with van der Waals surface area (Å²) in [6, 6.07) is 0. The second kappa shape index (κ2) is 4.47. The van der Waals surface area contributed by atoms with Gasteiger partial charge in [-0.05, 0) is 30.8 Å². The number of carbonyl (C=O) groups is 1. The smallest absolute Gasteiger partial charge is 0.265 e. The molecule has 1 aromatic rings. The summed E-state index contributed by atoms with van der Waals surface area (Å²) in [5.41, 5.74) is 0.392. The lowest BCUT2D eigenvalue weighted by molar-refractivity contribution is 0.0910. The fourth-order valence-electron chi connectivity index (χ4n) is 1.55. The number of hydrogen-bond donors (Lipinski definition) is 2. The molecule has 1 saturated carbocycles. The Hall–Kier alpha value is -1.01. The van der Waals surface area contributed by atoms with Gasteiger partial charge in [0.25, 0.3) is 5.91 Å². The molecule has 2 rings (SSSR count). The first-order chi connectivity index (χ1) is 7.71. The molecule has 0 unspecified atom stereocenters. The van der Waals surface area contributed by atoms with Crippen LogP contribution < -0.4 is 5.32 Å². The number of carbonyl (C=O) groups excluding carboxylic acids is 1. The third kappa shape index (κ3) is 2.22. The van der Waals surface area contributed by atoms with Gasteiger partial charge in [-0.25, -0.2) is 0 Å². The monoisotopic (exact) mass is 241 g/mol. The second-order valence-electron chi connectivity index (χ2n) is 4.19. The van der Waals surface area contributed by atoms with E-state index in [1.807, 2.05) is 6.92 Å². The van der Waals surface area contributed by atoms with Gasteiger partial charge < -0.3 is 10.4 Å². The van der Waals surface area contributed by atoms with Crippen LogP contribution in [-0.4, -0.2) is 32.7 Å². The van der Waals surface area contributed by atoms with Crippen LogP contribution in [0.2, 0.25) is 0 Å². The normalized spacial score (nSPS) is 17.1. The Bertz CT molecular complexity index is 387. The summed E-state index contributed by atoms with van der Waals surface area (Å²) in [5.74, 6) is -0.148. The third-order valence-corrected chi connectivity index (χ3v) is 3.55. The Kier molecular flexibility index (Phi) is 3.20. The zero-order valence-electron chi connectivity index (χ0n) is 9.19. The van der Waals surface area contributed by atoms with Crippen LogP contribution in [0.1, 0.15) is 41.6 Å². The van der Waals surface area contributed by atoms with E-state index in [0.29, 0.717) is 4.88 Å². The van der Waals surface area contributed by atoms with E-state index in [2.05, 4.69) is 14.9 Å². The molecule has 2 N–H and O–H groups in total. The maximum atomic E-state index is 11.9. The molecule has 0 radical (unpaired) electrons. The summed E-state index contributed by atoms with van der Waals surface area (Å²) in [4.78, 5) is 12.5. The second-order valence-corrected chi connectivity index (χ2v) is 4.95. The van der Waals surface area contributed by atoms with E-state index in [-0.39, 0.29) is 18.1 Å². The van der Waals surface area contributed by atoms with Crippen LogP contribution in [0.25, 0.3) is 0 Å². The van der Waals surface area contributed by atoms with E-state index in [1.54, 1.807) is 0 Å². The highest BCUT2D eigenvalue weighted by Gasteiger charge is 2.44. The van der Waals surface area contributed by atoms with Crippen LogP contribution >= 0.6 is 11.5 Å². The quantitative estimate of drug-likeness (QED) is 0.797. The van der Waals surface area contributed by atoms with Gasteiger partial charge in [-0.15, -0.1) is 5.10 Å². The van der Waals surface area contributed by atoms with E-state index in [9.17, 15) is 4.79 Å². The summed E-state index contributed by atoms with van der Waals surface area (Å²) in [6.07, 6.45) is 3.41. The zero-order chi connectivity index (χ0) is 11.6. The van der Waals surface area contributed by atoms with E-state index in [4.69, 9.17) is 5.11 Å². The molecule has 0 aliphatic heterocycles. The Morgan fingerprint density at radius 3 is 2.94 bits per heavy atom. The van der Waals surface area contributed by atoms with E-state index in [1.165, 1.54) is 0 Å². The summed E-state index contributed by atoms with van der Waals surface area (Å²) in [7, 11) is 0. The SMILES string of the molecule is CCCc1nnsc1C(=O)NC1(CO)CC1. The number of nitrogens with one attached hydrogen (secondary N) is 1. The minimum Gasteiger partial charge on any atom is -0.394 e. The number of aliphatic hydroxyl groups is 1. The Balaban J connectivity index is 2.05. The molecular formula is C10H15N3O2S. The molecule has 16 heavy (non-hydrogen) atoms. The zero-order valence-corrected chi connectivity index (χ0v) is 10.0. The third-order valence-electron chi connectivity index (χ3n) is 2.78. The molecule has 0 atom stereocenters. The first kappa shape index (κ1) is 11.5. The van der Waals surface area contributed by atoms with Gasteiger partial charge in [0.15, 0.2) is 0 Å². The Labute approximate surface area is 98.0 Å². The number of aromatic nitrogens is 2. The lowest BCUT2D eigenvalue weighted by atomic mass is 10.2. The van der Waals surface area contributed by atoms with Gasteiger partial charge in [0, 0.05) is 0 Å². The number of aryl methyl sites for hydroxylation is 1. The molecule has 1 aliphatic carbocycles. The predicted octanol–water partition coefficient (Wildman–Crippen LogP) is 0.745. The van der Waals surface area contributed by atoms with Gasteiger partial charge in [0.05, 0.1) is 17.8 Å². The molecule has 6 heteroatoms. The van der Waals surface area contributed by atoms with Crippen LogP contribution in [0.5, 0.6) is 0 Å². The average molecular weight is 241 g/mol. The molecule has 0 spiro atoms. The van der Waals surface area contributed by atoms with Crippen molar-refractivity contribution in [1.29, 1.82) is 0 Å². The molecule has 1 amide bonds. The maximum Gasteiger partial charge on any atom is 0.265 e. The molecule has 1 heterocycles. The molecule has 0 aromatic carbocycles. The Morgan fingerprint density at radius 2 is 2.38 bits per heavy atom. The van der Waals surface area contributed by atoms with Crippen molar-refractivity contribution in [3.63, 3.8) is 0 Å². The number of rotatable bonds is 5. The van der Waals surface area contributed by atoms with Gasteiger partial charge in [-0.2, -0.15) is 0 Å². The molecule has 5 nitrogen and oxygen atoms in total. The highest BCUT2D eigenvalue weighted by atomic mass is 32.1. The van der Waals surface area contributed by atoms with Crippen molar-refractivity contribution in [3.05, 3.63) is 10.6 Å². The van der Waals surface area contributed by atoms with Crippen molar-refractivity contribution >= 4 is 17.4 Å². The summed E-state index contributed by atoms with van der Waals surface area (Å²) in [6.45, 7) is 2.05. The van der Waals surface area contributed by atoms with Crippen molar-refractivity contribution < 1.29 is 9.90 Å². The molecule has 1 fully saturated rings. The van der Waals surface area contributed by atoms with Crippen LogP contribution in [0.15, 0.2) is 0 Å². The fraction of sp³-hybridized carbons (Fsp3) is 0.700. The largest absolute Gasteiger partial charge is 0.394 e. The number of aliphatic hydroxyl groups excluding tert-OH is 1. The van der Waals surface area contributed by atoms with Gasteiger partial charge in [-0.3, -0.25) is 4.79 Å². The molecule has 0 bridgehead atoms. The topological polar surface area (TPSA) is 75.1 Å². The molecule has 1 aliphatic rings. The molecule has 1 aromatic heterocycles. The number of nitrogens with zero attached hydrogens (tertiary/aromatic N) is 2.